The fourth-order valence-corrected chi connectivity index (χ4v) is 1.78. The van der Waals surface area contributed by atoms with Crippen molar-refractivity contribution in [2.24, 2.45) is 0 Å². The van der Waals surface area contributed by atoms with Gasteiger partial charge in [0.05, 0.1) is 6.04 Å². The molecule has 0 aliphatic heterocycles. The molecule has 0 spiro atoms. The molecule has 6 heteroatoms. The van der Waals surface area contributed by atoms with Crippen LogP contribution in [-0.2, 0) is 37.5 Å². The van der Waals surface area contributed by atoms with Crippen molar-refractivity contribution in [2.75, 3.05) is 0 Å². The second-order valence-electron chi connectivity index (χ2n) is 4.85. The number of Topliss-reactive ketones (excluding diaryl/α,β-unsaturated/α-hetero) is 1. The topological polar surface area (TPSA) is 54.9 Å². The van der Waals surface area contributed by atoms with Crippen molar-refractivity contribution < 1.29 is 37.5 Å². The summed E-state index contributed by atoms with van der Waals surface area (Å²) in [7, 11) is 0. The van der Waals surface area contributed by atoms with Crippen molar-refractivity contribution >= 4 is 25.2 Å². The van der Waals surface area contributed by atoms with Gasteiger partial charge in [-0.25, -0.2) is 11.9 Å². The number of carbonyl (C=O) groups is 1. The van der Waals surface area contributed by atoms with Gasteiger partial charge in [-0.1, -0.05) is 33.4 Å². The van der Waals surface area contributed by atoms with Gasteiger partial charge in [-0.15, -0.1) is 11.8 Å². The van der Waals surface area contributed by atoms with Crippen LogP contribution in [0.5, 0.6) is 0 Å². The van der Waals surface area contributed by atoms with E-state index in [0.717, 1.165) is 28.8 Å². The molecule has 0 saturated carbocycles. The maximum absolute atomic E-state index is 10.8. The van der Waals surface area contributed by atoms with E-state index < -0.39 is 0 Å². The van der Waals surface area contributed by atoms with Gasteiger partial charge in [-0.05, 0) is 26.3 Å². The number of fused-ring (bicyclic) bond motifs is 1. The summed E-state index contributed by atoms with van der Waals surface area (Å²) in [5.74, 6) is 0.172. The van der Waals surface area contributed by atoms with Crippen LogP contribution in [0, 0.1) is 13.8 Å². The summed E-state index contributed by atoms with van der Waals surface area (Å²) in [4.78, 5) is 19.1. The monoisotopic (exact) mass is 443 g/mol. The van der Waals surface area contributed by atoms with E-state index in [9.17, 15) is 4.79 Å². The summed E-state index contributed by atoms with van der Waals surface area (Å²) >= 11 is 0. The SMILES string of the molecule is C=C(C)N[C@@H](CC)C(C)=O.CC.[B].[CH2-]C.[CH2-]c1ccc2cccnc2n1.[Y]. The Balaban J connectivity index is -0.000000156. The Morgan fingerprint density at radius 2 is 1.78 bits per heavy atom. The molecule has 0 aliphatic rings. The van der Waals surface area contributed by atoms with Gasteiger partial charge in [0.1, 0.15) is 0 Å². The molecule has 1 N–H and O–H groups in total. The van der Waals surface area contributed by atoms with Crippen molar-refractivity contribution in [1.29, 1.82) is 0 Å². The Hall–Kier alpha value is -1.19. The van der Waals surface area contributed by atoms with Crippen molar-refractivity contribution in [3.63, 3.8) is 0 Å². The standard InChI is InChI=1S/C9H7N2.C8H15NO.C2H6.C2H5.B.Y/c1-7-4-5-8-3-2-6-10-9(8)11-7;1-5-8(7(4)10)9-6(2)3;2*1-2;;/h2-6H,1H2;8-9H,2,5H2,1,3-4H3;1-2H3;1H2,2H3;;/q-1;;;-1;;/t;8-;;;;/m.0..../s1. The largest absolute Gasteiger partial charge is 0.379 e. The van der Waals surface area contributed by atoms with Crippen LogP contribution in [0.3, 0.4) is 0 Å². The zero-order valence-electron chi connectivity index (χ0n) is 17.7. The molecule has 4 nitrogen and oxygen atoms in total. The van der Waals surface area contributed by atoms with Gasteiger partial charge in [0.25, 0.3) is 0 Å². The molecule has 0 saturated heterocycles. The van der Waals surface area contributed by atoms with Crippen LogP contribution in [0.4, 0.5) is 0 Å². The predicted octanol–water partition coefficient (Wildman–Crippen LogP) is 4.77. The molecule has 0 bridgehead atoms. The Bertz CT molecular complexity index is 636. The molecule has 146 valence electrons. The molecule has 2 aromatic heterocycles. The molecular weight excluding hydrogens is 410 g/mol. The summed E-state index contributed by atoms with van der Waals surface area (Å²) in [5.41, 5.74) is 2.37. The van der Waals surface area contributed by atoms with Gasteiger partial charge in [0, 0.05) is 58.4 Å². The van der Waals surface area contributed by atoms with Gasteiger partial charge in [-0.3, -0.25) is 9.78 Å². The van der Waals surface area contributed by atoms with E-state index in [4.69, 9.17) is 0 Å². The van der Waals surface area contributed by atoms with Crippen LogP contribution in [0.2, 0.25) is 0 Å². The summed E-state index contributed by atoms with van der Waals surface area (Å²) in [5, 5.41) is 4.04. The minimum atomic E-state index is -0.0440. The molecular formula is C21H33BN3OY-2. The van der Waals surface area contributed by atoms with E-state index in [2.05, 4.69) is 35.7 Å². The molecule has 2 rings (SSSR count). The Morgan fingerprint density at radius 3 is 2.19 bits per heavy atom. The van der Waals surface area contributed by atoms with E-state index in [1.807, 2.05) is 52.0 Å². The number of nitrogens with zero attached hydrogens (tertiary/aromatic N) is 2. The minimum Gasteiger partial charge on any atom is -0.379 e. The van der Waals surface area contributed by atoms with Crippen molar-refractivity contribution in [3.8, 4) is 0 Å². The number of pyridine rings is 2. The van der Waals surface area contributed by atoms with Gasteiger partial charge < -0.3 is 12.2 Å². The minimum absolute atomic E-state index is 0. The normalized spacial score (nSPS) is 9.15. The van der Waals surface area contributed by atoms with Crippen LogP contribution in [0.1, 0.15) is 53.7 Å². The summed E-state index contributed by atoms with van der Waals surface area (Å²) < 4.78 is 0. The van der Waals surface area contributed by atoms with Crippen molar-refractivity contribution in [1.82, 2.24) is 15.3 Å². The quantitative estimate of drug-likeness (QED) is 0.547. The first-order chi connectivity index (χ1) is 11.9. The number of hydrogen-bond donors (Lipinski definition) is 1. The molecule has 0 aromatic carbocycles. The first kappa shape index (κ1) is 33.4. The molecule has 0 fully saturated rings. The Morgan fingerprint density at radius 1 is 1.22 bits per heavy atom. The van der Waals surface area contributed by atoms with Crippen LogP contribution < -0.4 is 5.32 Å². The third-order valence-electron chi connectivity index (χ3n) is 2.84. The Labute approximate surface area is 193 Å². The first-order valence-electron chi connectivity index (χ1n) is 8.61. The second-order valence-corrected chi connectivity index (χ2v) is 4.85. The molecule has 0 amide bonds. The molecule has 2 aromatic rings. The number of rotatable bonds is 4. The molecule has 1 atom stereocenters. The number of nitrogens with one attached hydrogen (secondary N) is 1. The summed E-state index contributed by atoms with van der Waals surface area (Å²) in [6.45, 7) is 21.8. The van der Waals surface area contributed by atoms with Crippen LogP contribution in [0.15, 0.2) is 42.7 Å². The third-order valence-corrected chi connectivity index (χ3v) is 2.84. The number of carbonyl (C=O) groups excluding carboxylic acids is 1. The van der Waals surface area contributed by atoms with Crippen LogP contribution in [-0.4, -0.2) is 30.2 Å². The van der Waals surface area contributed by atoms with E-state index in [1.165, 1.54) is 0 Å². The zero-order chi connectivity index (χ0) is 19.8. The van der Waals surface area contributed by atoms with Crippen molar-refractivity contribution in [3.05, 3.63) is 62.3 Å². The number of ketones is 1. The predicted molar refractivity (Wildman–Crippen MR) is 115 cm³/mol. The van der Waals surface area contributed by atoms with E-state index in [1.54, 1.807) is 20.0 Å². The maximum atomic E-state index is 10.8. The number of aromatic nitrogens is 2. The van der Waals surface area contributed by atoms with Gasteiger partial charge in [0.15, 0.2) is 11.4 Å². The molecule has 27 heavy (non-hydrogen) atoms. The molecule has 0 aliphatic carbocycles. The zero-order valence-corrected chi connectivity index (χ0v) is 20.6. The van der Waals surface area contributed by atoms with Crippen molar-refractivity contribution in [2.45, 2.75) is 54.0 Å². The average molecular weight is 443 g/mol. The number of hydrogen-bond acceptors (Lipinski definition) is 4. The first-order valence-corrected chi connectivity index (χ1v) is 8.61. The Kier molecular flexibility index (Phi) is 26.1. The van der Waals surface area contributed by atoms with Gasteiger partial charge in [0.2, 0.25) is 0 Å². The smallest absolute Gasteiger partial charge is 0.155 e. The third kappa shape index (κ3) is 15.6. The fourth-order valence-electron chi connectivity index (χ4n) is 1.78. The summed E-state index contributed by atoms with van der Waals surface area (Å²) in [6, 6.07) is 7.68. The van der Waals surface area contributed by atoms with Crippen LogP contribution in [0.25, 0.3) is 11.0 Å². The van der Waals surface area contributed by atoms with Gasteiger partial charge >= 0.3 is 0 Å². The summed E-state index contributed by atoms with van der Waals surface area (Å²) in [6.07, 6.45) is 2.55. The van der Waals surface area contributed by atoms with E-state index in [0.29, 0.717) is 0 Å². The van der Waals surface area contributed by atoms with Gasteiger partial charge in [-0.2, -0.15) is 13.0 Å². The van der Waals surface area contributed by atoms with E-state index in [-0.39, 0.29) is 52.9 Å². The van der Waals surface area contributed by atoms with E-state index >= 15 is 0 Å². The maximum Gasteiger partial charge on any atom is 0.155 e. The average Bonchev–Trinajstić information content (AvgIpc) is 2.63. The second kappa shape index (κ2) is 21.1. The fraction of sp³-hybridized carbons (Fsp3) is 0.381. The molecule has 4 radical (unpaired) electrons. The number of allylic oxidation sites excluding steroid dienone is 1. The molecule has 2 heterocycles. The molecule has 0 unspecified atom stereocenters. The van der Waals surface area contributed by atoms with Crippen LogP contribution >= 0.6 is 0 Å².